The molecule has 2 heterocycles. The highest BCUT2D eigenvalue weighted by molar-refractivity contribution is 6.06. The lowest BCUT2D eigenvalue weighted by Crippen LogP contribution is -2.30. The Bertz CT molecular complexity index is 2020. The molecule has 0 fully saturated rings. The van der Waals surface area contributed by atoms with Crippen molar-refractivity contribution in [3.63, 3.8) is 0 Å². The number of fused-ring (bicyclic) bond motifs is 4. The molecule has 0 aliphatic rings. The molecule has 38 heavy (non-hydrogen) atoms. The molecule has 184 valence electrons. The minimum Gasteiger partial charge on any atom is -0.456 e. The number of aryl methyl sites for hydroxylation is 2. The highest BCUT2D eigenvalue weighted by atomic mass is 19.1. The van der Waals surface area contributed by atoms with Crippen LogP contribution in [0.1, 0.15) is 5.56 Å². The third-order valence-electron chi connectivity index (χ3n) is 7.32. The Balaban J connectivity index is 1.57. The molecule has 0 aliphatic carbocycles. The van der Waals surface area contributed by atoms with E-state index in [1.54, 1.807) is 0 Å². The molecule has 0 N–H and O–H groups in total. The number of hydrogen-bond acceptors (Lipinski definition) is 1. The van der Waals surface area contributed by atoms with Gasteiger partial charge in [-0.15, -0.1) is 0 Å². The van der Waals surface area contributed by atoms with E-state index in [9.17, 15) is 8.78 Å². The third kappa shape index (κ3) is 3.28. The predicted octanol–water partition coefficient (Wildman–Crippen LogP) is 8.28. The monoisotopic (exact) mass is 501 g/mol. The number of halogens is 2. The molecular formula is C33H23F2N2O+. The van der Waals surface area contributed by atoms with Crippen molar-refractivity contribution in [1.29, 1.82) is 0 Å². The number of nitrogens with zero attached hydrogens (tertiary/aromatic N) is 2. The Morgan fingerprint density at radius 3 is 2.32 bits per heavy atom. The van der Waals surface area contributed by atoms with Crippen molar-refractivity contribution < 1.29 is 17.8 Å². The number of para-hydroxylation sites is 3. The van der Waals surface area contributed by atoms with Crippen LogP contribution < -0.4 is 4.57 Å². The van der Waals surface area contributed by atoms with Crippen LogP contribution in [0, 0.1) is 18.6 Å². The minimum absolute atomic E-state index is 0.202. The summed E-state index contributed by atoms with van der Waals surface area (Å²) in [6, 6.07) is 33.0. The Morgan fingerprint density at radius 1 is 0.737 bits per heavy atom. The van der Waals surface area contributed by atoms with Crippen LogP contribution in [0.3, 0.4) is 0 Å². The molecule has 0 bridgehead atoms. The molecule has 5 heteroatoms. The van der Waals surface area contributed by atoms with Crippen LogP contribution >= 0.6 is 0 Å². The van der Waals surface area contributed by atoms with Crippen molar-refractivity contribution in [3.05, 3.63) is 120 Å². The summed E-state index contributed by atoms with van der Waals surface area (Å²) in [6.45, 7) is 2.01. The van der Waals surface area contributed by atoms with Gasteiger partial charge in [0, 0.05) is 23.1 Å². The molecular weight excluding hydrogens is 478 g/mol. The van der Waals surface area contributed by atoms with E-state index < -0.39 is 11.6 Å². The Kier molecular flexibility index (Phi) is 4.95. The van der Waals surface area contributed by atoms with Gasteiger partial charge in [0.15, 0.2) is 11.0 Å². The van der Waals surface area contributed by atoms with Gasteiger partial charge in [-0.2, -0.15) is 4.57 Å². The zero-order valence-corrected chi connectivity index (χ0v) is 20.9. The van der Waals surface area contributed by atoms with Gasteiger partial charge in [0.2, 0.25) is 0 Å². The first-order chi connectivity index (χ1) is 18.5. The zero-order chi connectivity index (χ0) is 26.0. The standard InChI is InChI=1S/C33H23F2N2O/c1-20-16-25-30(38-31-18-22(34)17-26(35)32(25)31)19-24(20)33-36(2)28-14-8-9-15-29(28)37(33)27-13-7-6-12-23(27)21-10-4-3-5-11-21/h3-19H,1-2H3/q+1. The molecule has 0 radical (unpaired) electrons. The first-order valence-corrected chi connectivity index (χ1v) is 12.5. The van der Waals surface area contributed by atoms with E-state index in [4.69, 9.17) is 4.42 Å². The van der Waals surface area contributed by atoms with Crippen molar-refractivity contribution in [1.82, 2.24) is 4.57 Å². The molecule has 0 atom stereocenters. The fourth-order valence-electron chi connectivity index (χ4n) is 5.61. The Hall–Kier alpha value is -4.77. The molecule has 7 aromatic rings. The lowest BCUT2D eigenvalue weighted by molar-refractivity contribution is -0.633. The van der Waals surface area contributed by atoms with E-state index >= 15 is 0 Å². The second-order valence-electron chi connectivity index (χ2n) is 9.62. The molecule has 7 rings (SSSR count). The van der Waals surface area contributed by atoms with Crippen molar-refractivity contribution in [2.24, 2.45) is 7.05 Å². The summed E-state index contributed by atoms with van der Waals surface area (Å²) in [5.74, 6) is -0.321. The van der Waals surface area contributed by atoms with Crippen LogP contribution in [-0.2, 0) is 7.05 Å². The summed E-state index contributed by atoms with van der Waals surface area (Å²) >= 11 is 0. The quantitative estimate of drug-likeness (QED) is 0.223. The Labute approximate surface area is 217 Å². The van der Waals surface area contributed by atoms with Gasteiger partial charge in [-0.3, -0.25) is 0 Å². The summed E-state index contributed by atoms with van der Waals surface area (Å²) in [5, 5.41) is 0.934. The highest BCUT2D eigenvalue weighted by Gasteiger charge is 2.29. The predicted molar refractivity (Wildman–Crippen MR) is 147 cm³/mol. The minimum atomic E-state index is -0.657. The number of imidazole rings is 1. The summed E-state index contributed by atoms with van der Waals surface area (Å²) in [4.78, 5) is 0. The second-order valence-corrected chi connectivity index (χ2v) is 9.62. The summed E-state index contributed by atoms with van der Waals surface area (Å²) in [5.41, 5.74) is 8.02. The van der Waals surface area contributed by atoms with Crippen LogP contribution in [0.2, 0.25) is 0 Å². The van der Waals surface area contributed by atoms with Crippen molar-refractivity contribution in [2.45, 2.75) is 6.92 Å². The number of benzene rings is 5. The SMILES string of the molecule is Cc1cc2c(cc1-c1n(-c3ccccc3-c3ccccc3)c3ccccc3[n+]1C)oc1cc(F)cc(F)c12. The molecule has 2 aromatic heterocycles. The van der Waals surface area contributed by atoms with Gasteiger partial charge in [-0.05, 0) is 48.4 Å². The molecule has 0 saturated heterocycles. The van der Waals surface area contributed by atoms with Crippen molar-refractivity contribution in [3.8, 4) is 28.2 Å². The zero-order valence-electron chi connectivity index (χ0n) is 20.9. The van der Waals surface area contributed by atoms with E-state index in [1.807, 2.05) is 55.5 Å². The van der Waals surface area contributed by atoms with Crippen LogP contribution in [0.15, 0.2) is 108 Å². The third-order valence-corrected chi connectivity index (χ3v) is 7.32. The lowest BCUT2D eigenvalue weighted by Gasteiger charge is -2.11. The first kappa shape index (κ1) is 22.4. The van der Waals surface area contributed by atoms with E-state index in [-0.39, 0.29) is 5.58 Å². The van der Waals surface area contributed by atoms with Crippen LogP contribution in [0.25, 0.3) is 61.2 Å². The smallest absolute Gasteiger partial charge is 0.295 e. The maximum Gasteiger partial charge on any atom is 0.295 e. The number of furan rings is 1. The van der Waals surface area contributed by atoms with Gasteiger partial charge in [0.05, 0.1) is 18.0 Å². The maximum atomic E-state index is 14.8. The largest absolute Gasteiger partial charge is 0.456 e. The number of hydrogen-bond donors (Lipinski definition) is 0. The van der Waals surface area contributed by atoms with Gasteiger partial charge < -0.3 is 4.42 Å². The Morgan fingerprint density at radius 2 is 1.47 bits per heavy atom. The topological polar surface area (TPSA) is 21.9 Å². The second kappa shape index (κ2) is 8.38. The van der Waals surface area contributed by atoms with Gasteiger partial charge in [0.1, 0.15) is 28.5 Å². The maximum absolute atomic E-state index is 14.8. The van der Waals surface area contributed by atoms with Crippen molar-refractivity contribution in [2.75, 3.05) is 0 Å². The molecule has 0 aliphatic heterocycles. The van der Waals surface area contributed by atoms with E-state index in [1.165, 1.54) is 6.07 Å². The summed E-state index contributed by atoms with van der Waals surface area (Å²) < 4.78 is 39.1. The average Bonchev–Trinajstić information content (AvgIpc) is 3.43. The summed E-state index contributed by atoms with van der Waals surface area (Å²) in [7, 11) is 2.05. The normalized spacial score (nSPS) is 11.7. The molecule has 0 spiro atoms. The average molecular weight is 502 g/mol. The lowest BCUT2D eigenvalue weighted by atomic mass is 10.0. The van der Waals surface area contributed by atoms with Gasteiger partial charge in [-0.1, -0.05) is 60.7 Å². The first-order valence-electron chi connectivity index (χ1n) is 12.5. The fourth-order valence-corrected chi connectivity index (χ4v) is 5.61. The van der Waals surface area contributed by atoms with Crippen LogP contribution in [0.4, 0.5) is 8.78 Å². The van der Waals surface area contributed by atoms with Gasteiger partial charge >= 0.3 is 0 Å². The van der Waals surface area contributed by atoms with Crippen LogP contribution in [-0.4, -0.2) is 4.57 Å². The molecule has 5 aromatic carbocycles. The molecule has 0 saturated carbocycles. The molecule has 3 nitrogen and oxygen atoms in total. The van der Waals surface area contributed by atoms with Gasteiger partial charge in [-0.25, -0.2) is 13.3 Å². The molecule has 0 unspecified atom stereocenters. The van der Waals surface area contributed by atoms with Gasteiger partial charge in [0.25, 0.3) is 5.82 Å². The van der Waals surface area contributed by atoms with Crippen molar-refractivity contribution >= 4 is 33.0 Å². The van der Waals surface area contributed by atoms with E-state index in [0.29, 0.717) is 16.4 Å². The highest BCUT2D eigenvalue weighted by Crippen LogP contribution is 2.38. The summed E-state index contributed by atoms with van der Waals surface area (Å²) in [6.07, 6.45) is 0. The van der Waals surface area contributed by atoms with E-state index in [0.717, 1.165) is 50.9 Å². The number of aromatic nitrogens is 2. The number of rotatable bonds is 3. The fraction of sp³-hybridized carbons (Fsp3) is 0.0606. The van der Waals surface area contributed by atoms with E-state index in [2.05, 4.69) is 58.6 Å². The van der Waals surface area contributed by atoms with Crippen LogP contribution in [0.5, 0.6) is 0 Å². The molecule has 0 amide bonds.